The van der Waals surface area contributed by atoms with Crippen LogP contribution >= 0.6 is 11.3 Å². The van der Waals surface area contributed by atoms with Gasteiger partial charge in [0.2, 0.25) is 0 Å². The highest BCUT2D eigenvalue weighted by atomic mass is 32.1. The number of aromatic amines is 1. The Morgan fingerprint density at radius 2 is 2.33 bits per heavy atom. The number of nitrogens with zero attached hydrogens (tertiary/aromatic N) is 1. The lowest BCUT2D eigenvalue weighted by molar-refractivity contribution is 0.560. The quantitative estimate of drug-likeness (QED) is 0.740. The summed E-state index contributed by atoms with van der Waals surface area (Å²) in [6.45, 7) is 1.58. The van der Waals surface area contributed by atoms with E-state index in [0.717, 1.165) is 24.3 Å². The minimum absolute atomic E-state index is 0.787. The van der Waals surface area contributed by atoms with Gasteiger partial charge < -0.3 is 9.73 Å². The number of hydrogen-bond donors (Lipinski definition) is 2. The molecule has 0 amide bonds. The number of nitrogens with one attached hydrogen (secondary N) is 2. The van der Waals surface area contributed by atoms with Crippen molar-refractivity contribution in [2.75, 3.05) is 0 Å². The van der Waals surface area contributed by atoms with Crippen LogP contribution in [-0.2, 0) is 13.1 Å². The van der Waals surface area contributed by atoms with Gasteiger partial charge in [-0.1, -0.05) is 6.07 Å². The van der Waals surface area contributed by atoms with E-state index in [-0.39, 0.29) is 0 Å². The van der Waals surface area contributed by atoms with E-state index in [1.807, 2.05) is 18.3 Å². The molecule has 4 nitrogen and oxygen atoms in total. The average molecular weight is 259 g/mol. The zero-order chi connectivity index (χ0) is 12.2. The van der Waals surface area contributed by atoms with E-state index < -0.39 is 0 Å². The van der Waals surface area contributed by atoms with Crippen LogP contribution < -0.4 is 5.32 Å². The van der Waals surface area contributed by atoms with E-state index in [2.05, 4.69) is 27.0 Å². The largest absolute Gasteiger partial charge is 0.472 e. The number of thiophene rings is 1. The fourth-order valence-electron chi connectivity index (χ4n) is 1.81. The SMILES string of the molecule is c1csc(-c2[nH]ncc2CNCc2ccoc2)c1. The number of rotatable bonds is 5. The monoisotopic (exact) mass is 259 g/mol. The molecule has 0 aromatic carbocycles. The van der Waals surface area contributed by atoms with E-state index in [9.17, 15) is 0 Å². The van der Waals surface area contributed by atoms with Crippen molar-refractivity contribution >= 4 is 11.3 Å². The molecule has 0 aliphatic heterocycles. The number of furan rings is 1. The summed E-state index contributed by atoms with van der Waals surface area (Å²) in [5, 5.41) is 12.6. The Balaban J connectivity index is 1.65. The van der Waals surface area contributed by atoms with Gasteiger partial charge in [0.15, 0.2) is 0 Å². The Labute approximate surface area is 109 Å². The Hall–Kier alpha value is -1.85. The molecular weight excluding hydrogens is 246 g/mol. The van der Waals surface area contributed by atoms with Crippen molar-refractivity contribution in [1.82, 2.24) is 15.5 Å². The molecule has 0 spiro atoms. The molecule has 0 saturated carbocycles. The van der Waals surface area contributed by atoms with Crippen molar-refractivity contribution in [2.24, 2.45) is 0 Å². The third-order valence-corrected chi connectivity index (χ3v) is 3.60. The molecule has 3 aromatic rings. The third kappa shape index (κ3) is 2.37. The Morgan fingerprint density at radius 1 is 1.33 bits per heavy atom. The first kappa shape index (κ1) is 11.3. The molecule has 3 rings (SSSR count). The Morgan fingerprint density at radius 3 is 3.11 bits per heavy atom. The molecule has 2 N–H and O–H groups in total. The summed E-state index contributed by atoms with van der Waals surface area (Å²) in [7, 11) is 0. The summed E-state index contributed by atoms with van der Waals surface area (Å²) in [6.07, 6.45) is 5.31. The molecule has 0 aliphatic rings. The van der Waals surface area contributed by atoms with Gasteiger partial charge in [0.25, 0.3) is 0 Å². The summed E-state index contributed by atoms with van der Waals surface area (Å²) in [6, 6.07) is 6.10. The molecule has 0 aliphatic carbocycles. The smallest absolute Gasteiger partial charge is 0.0947 e. The topological polar surface area (TPSA) is 53.9 Å². The second-order valence-corrected chi connectivity index (χ2v) is 4.93. The summed E-state index contributed by atoms with van der Waals surface area (Å²) in [5.74, 6) is 0. The zero-order valence-electron chi connectivity index (χ0n) is 9.72. The summed E-state index contributed by atoms with van der Waals surface area (Å²) >= 11 is 1.71. The Bertz CT molecular complexity index is 584. The number of aromatic nitrogens is 2. The van der Waals surface area contributed by atoms with Crippen LogP contribution in [0.3, 0.4) is 0 Å². The van der Waals surface area contributed by atoms with Gasteiger partial charge in [0, 0.05) is 24.2 Å². The van der Waals surface area contributed by atoms with Gasteiger partial charge in [-0.25, -0.2) is 0 Å². The molecule has 0 bridgehead atoms. The highest BCUT2D eigenvalue weighted by Gasteiger charge is 2.08. The lowest BCUT2D eigenvalue weighted by Crippen LogP contribution is -2.12. The highest BCUT2D eigenvalue weighted by Crippen LogP contribution is 2.25. The second kappa shape index (κ2) is 5.20. The van der Waals surface area contributed by atoms with Crippen LogP contribution in [0.1, 0.15) is 11.1 Å². The molecule has 92 valence electrons. The normalized spacial score (nSPS) is 10.9. The van der Waals surface area contributed by atoms with Crippen LogP contribution in [0.4, 0.5) is 0 Å². The lowest BCUT2D eigenvalue weighted by Gasteiger charge is -2.03. The van der Waals surface area contributed by atoms with Crippen LogP contribution in [0.25, 0.3) is 10.6 Å². The fraction of sp³-hybridized carbons (Fsp3) is 0.154. The number of H-pyrrole nitrogens is 1. The van der Waals surface area contributed by atoms with Crippen LogP contribution in [0.2, 0.25) is 0 Å². The zero-order valence-corrected chi connectivity index (χ0v) is 10.5. The maximum atomic E-state index is 5.03. The Kier molecular flexibility index (Phi) is 3.25. The average Bonchev–Trinajstić information content (AvgIpc) is 3.12. The van der Waals surface area contributed by atoms with Crippen molar-refractivity contribution in [3.05, 3.63) is 53.4 Å². The molecular formula is C13H13N3OS. The molecule has 0 fully saturated rings. The second-order valence-electron chi connectivity index (χ2n) is 3.98. The number of hydrogen-bond acceptors (Lipinski definition) is 4. The fourth-order valence-corrected chi connectivity index (χ4v) is 2.57. The standard InChI is InChI=1S/C13H13N3OS/c1-2-12(18-5-1)13-11(8-15-16-13)7-14-6-10-3-4-17-9-10/h1-5,8-9,14H,6-7H2,(H,15,16). The van der Waals surface area contributed by atoms with Crippen molar-refractivity contribution in [3.8, 4) is 10.6 Å². The van der Waals surface area contributed by atoms with E-state index in [1.165, 1.54) is 10.4 Å². The van der Waals surface area contributed by atoms with Gasteiger partial charge >= 0.3 is 0 Å². The van der Waals surface area contributed by atoms with E-state index in [1.54, 1.807) is 23.9 Å². The van der Waals surface area contributed by atoms with Crippen molar-refractivity contribution in [1.29, 1.82) is 0 Å². The first-order valence-electron chi connectivity index (χ1n) is 5.71. The van der Waals surface area contributed by atoms with E-state index in [4.69, 9.17) is 4.42 Å². The summed E-state index contributed by atoms with van der Waals surface area (Å²) in [5.41, 5.74) is 3.43. The molecule has 3 aromatic heterocycles. The van der Waals surface area contributed by atoms with E-state index >= 15 is 0 Å². The predicted octanol–water partition coefficient (Wildman–Crippen LogP) is 3.02. The molecule has 0 saturated heterocycles. The lowest BCUT2D eigenvalue weighted by atomic mass is 10.2. The molecule has 0 unspecified atom stereocenters. The van der Waals surface area contributed by atoms with Gasteiger partial charge in [-0.2, -0.15) is 5.10 Å². The third-order valence-electron chi connectivity index (χ3n) is 2.71. The van der Waals surface area contributed by atoms with Crippen molar-refractivity contribution in [2.45, 2.75) is 13.1 Å². The van der Waals surface area contributed by atoms with Crippen LogP contribution in [0.15, 0.2) is 46.7 Å². The minimum Gasteiger partial charge on any atom is -0.472 e. The molecule has 0 radical (unpaired) electrons. The maximum Gasteiger partial charge on any atom is 0.0947 e. The van der Waals surface area contributed by atoms with Gasteiger partial charge in [0.05, 0.1) is 29.3 Å². The van der Waals surface area contributed by atoms with Crippen LogP contribution in [-0.4, -0.2) is 10.2 Å². The van der Waals surface area contributed by atoms with Crippen LogP contribution in [0.5, 0.6) is 0 Å². The summed E-state index contributed by atoms with van der Waals surface area (Å²) in [4.78, 5) is 1.22. The van der Waals surface area contributed by atoms with Crippen molar-refractivity contribution < 1.29 is 4.42 Å². The highest BCUT2D eigenvalue weighted by molar-refractivity contribution is 7.13. The maximum absolute atomic E-state index is 5.03. The van der Waals surface area contributed by atoms with Gasteiger partial charge in [-0.3, -0.25) is 5.10 Å². The van der Waals surface area contributed by atoms with Gasteiger partial charge in [0.1, 0.15) is 0 Å². The molecule has 0 atom stereocenters. The first-order valence-corrected chi connectivity index (χ1v) is 6.59. The molecule has 18 heavy (non-hydrogen) atoms. The van der Waals surface area contributed by atoms with Crippen molar-refractivity contribution in [3.63, 3.8) is 0 Å². The molecule has 5 heteroatoms. The first-order chi connectivity index (χ1) is 8.93. The molecule has 3 heterocycles. The predicted molar refractivity (Wildman–Crippen MR) is 71.2 cm³/mol. The van der Waals surface area contributed by atoms with Crippen LogP contribution in [0, 0.1) is 0 Å². The van der Waals surface area contributed by atoms with Gasteiger partial charge in [-0.05, 0) is 17.5 Å². The summed E-state index contributed by atoms with van der Waals surface area (Å²) < 4.78 is 5.03. The van der Waals surface area contributed by atoms with Gasteiger partial charge in [-0.15, -0.1) is 11.3 Å². The van der Waals surface area contributed by atoms with E-state index in [0.29, 0.717) is 0 Å². The minimum atomic E-state index is 0.787.